The molecule has 0 aliphatic rings. The molecule has 3 nitrogen and oxygen atoms in total. The predicted octanol–water partition coefficient (Wildman–Crippen LogP) is 2.85. The molecule has 1 aromatic carbocycles. The molecular formula is C12H10ClNO2S. The molecule has 0 unspecified atom stereocenters. The fraction of sp³-hybridized carbons (Fsp3) is 0.0833. The molecule has 1 heterocycles. The third-order valence-corrected chi connectivity index (χ3v) is 4.15. The van der Waals surface area contributed by atoms with Crippen molar-refractivity contribution in [1.29, 1.82) is 0 Å². The molecule has 88 valence electrons. The topological polar surface area (TPSA) is 47.0 Å². The minimum absolute atomic E-state index is 0.0755. The van der Waals surface area contributed by atoms with Crippen LogP contribution in [0, 0.1) is 0 Å². The van der Waals surface area contributed by atoms with Crippen LogP contribution in [0.25, 0.3) is 10.8 Å². The number of sulfone groups is 1. The minimum atomic E-state index is -3.42. The monoisotopic (exact) mass is 267 g/mol. The fourth-order valence-corrected chi connectivity index (χ4v) is 2.99. The van der Waals surface area contributed by atoms with E-state index in [1.165, 1.54) is 12.3 Å². The molecule has 0 radical (unpaired) electrons. The number of pyridine rings is 1. The molecule has 0 atom stereocenters. The summed E-state index contributed by atoms with van der Waals surface area (Å²) in [5, 5.41) is 1.98. The second-order valence-electron chi connectivity index (χ2n) is 3.55. The molecule has 0 aliphatic carbocycles. The zero-order valence-corrected chi connectivity index (χ0v) is 10.5. The Hall–Kier alpha value is -1.39. The van der Waals surface area contributed by atoms with Crippen molar-refractivity contribution in [3.8, 4) is 0 Å². The molecule has 2 rings (SSSR count). The van der Waals surface area contributed by atoms with Crippen LogP contribution in [-0.4, -0.2) is 19.2 Å². The number of hydrogen-bond donors (Lipinski definition) is 0. The molecule has 1 aromatic heterocycles. The van der Waals surface area contributed by atoms with Gasteiger partial charge in [-0.3, -0.25) is 0 Å². The molecule has 0 spiro atoms. The van der Waals surface area contributed by atoms with Crippen molar-refractivity contribution >= 4 is 32.2 Å². The van der Waals surface area contributed by atoms with Gasteiger partial charge in [-0.2, -0.15) is 0 Å². The lowest BCUT2D eigenvalue weighted by molar-refractivity contribution is 0.596. The zero-order chi connectivity index (χ0) is 12.5. The Balaban J connectivity index is 2.75. The summed E-state index contributed by atoms with van der Waals surface area (Å²) < 4.78 is 23.9. The maximum Gasteiger partial charge on any atom is 0.199 e. The Bertz CT molecular complexity index is 680. The molecule has 0 fully saturated rings. The lowest BCUT2D eigenvalue weighted by atomic mass is 10.2. The first-order chi connectivity index (χ1) is 8.04. The van der Waals surface area contributed by atoms with Crippen LogP contribution in [-0.2, 0) is 9.84 Å². The van der Waals surface area contributed by atoms with Crippen molar-refractivity contribution in [2.24, 2.45) is 0 Å². The van der Waals surface area contributed by atoms with Gasteiger partial charge in [0, 0.05) is 16.6 Å². The lowest BCUT2D eigenvalue weighted by Crippen LogP contribution is -2.07. The first-order valence-corrected chi connectivity index (χ1v) is 6.95. The highest BCUT2D eigenvalue weighted by Crippen LogP contribution is 2.24. The van der Waals surface area contributed by atoms with Crippen LogP contribution in [0.2, 0.25) is 5.02 Å². The van der Waals surface area contributed by atoms with Gasteiger partial charge in [0.05, 0.1) is 5.75 Å². The average molecular weight is 268 g/mol. The van der Waals surface area contributed by atoms with Gasteiger partial charge in [-0.15, -0.1) is 6.58 Å². The van der Waals surface area contributed by atoms with Gasteiger partial charge in [0.25, 0.3) is 0 Å². The van der Waals surface area contributed by atoms with Crippen LogP contribution in [0.5, 0.6) is 0 Å². The largest absolute Gasteiger partial charge is 0.244 e. The summed E-state index contributed by atoms with van der Waals surface area (Å²) in [5.74, 6) is -0.123. The van der Waals surface area contributed by atoms with Crippen molar-refractivity contribution in [3.05, 3.63) is 48.1 Å². The van der Waals surface area contributed by atoms with Gasteiger partial charge < -0.3 is 0 Å². The van der Waals surface area contributed by atoms with Crippen molar-refractivity contribution in [2.45, 2.75) is 5.03 Å². The summed E-state index contributed by atoms with van der Waals surface area (Å²) in [6.45, 7) is 3.44. The number of benzene rings is 1. The van der Waals surface area contributed by atoms with E-state index in [0.717, 1.165) is 5.39 Å². The van der Waals surface area contributed by atoms with Crippen molar-refractivity contribution in [3.63, 3.8) is 0 Å². The van der Waals surface area contributed by atoms with E-state index in [9.17, 15) is 8.42 Å². The Morgan fingerprint density at radius 1 is 1.35 bits per heavy atom. The molecule has 0 amide bonds. The van der Waals surface area contributed by atoms with E-state index in [2.05, 4.69) is 11.6 Å². The van der Waals surface area contributed by atoms with Gasteiger partial charge in [0.2, 0.25) is 0 Å². The Morgan fingerprint density at radius 3 is 2.82 bits per heavy atom. The summed E-state index contributed by atoms with van der Waals surface area (Å²) in [5.41, 5.74) is 0. The summed E-state index contributed by atoms with van der Waals surface area (Å²) in [4.78, 5) is 3.95. The zero-order valence-electron chi connectivity index (χ0n) is 8.93. The third kappa shape index (κ3) is 2.33. The minimum Gasteiger partial charge on any atom is -0.244 e. The first kappa shape index (κ1) is 12.1. The van der Waals surface area contributed by atoms with Gasteiger partial charge in [-0.1, -0.05) is 17.7 Å². The van der Waals surface area contributed by atoms with E-state index in [0.29, 0.717) is 10.4 Å². The SMILES string of the molecule is C=CCS(=O)(=O)c1nccc2cc(Cl)ccc12. The van der Waals surface area contributed by atoms with Crippen LogP contribution in [0.3, 0.4) is 0 Å². The maximum atomic E-state index is 12.0. The number of nitrogens with zero attached hydrogens (tertiary/aromatic N) is 1. The van der Waals surface area contributed by atoms with Crippen LogP contribution in [0.15, 0.2) is 48.1 Å². The highest BCUT2D eigenvalue weighted by atomic mass is 35.5. The number of halogens is 1. The summed E-state index contributed by atoms with van der Waals surface area (Å²) in [7, 11) is -3.42. The molecule has 0 N–H and O–H groups in total. The van der Waals surface area contributed by atoms with Gasteiger partial charge in [-0.05, 0) is 29.7 Å². The normalized spacial score (nSPS) is 11.6. The van der Waals surface area contributed by atoms with Crippen molar-refractivity contribution < 1.29 is 8.42 Å². The summed E-state index contributed by atoms with van der Waals surface area (Å²) >= 11 is 5.86. The van der Waals surface area contributed by atoms with Gasteiger partial charge in [-0.25, -0.2) is 13.4 Å². The van der Waals surface area contributed by atoms with E-state index in [1.54, 1.807) is 24.3 Å². The lowest BCUT2D eigenvalue weighted by Gasteiger charge is -2.05. The predicted molar refractivity (Wildman–Crippen MR) is 69.0 cm³/mol. The number of hydrogen-bond acceptors (Lipinski definition) is 3. The maximum absolute atomic E-state index is 12.0. The quantitative estimate of drug-likeness (QED) is 0.804. The third-order valence-electron chi connectivity index (χ3n) is 2.32. The second kappa shape index (κ2) is 4.47. The standard InChI is InChI=1S/C12H10ClNO2S/c1-2-7-17(15,16)12-11-4-3-10(13)8-9(11)5-6-14-12/h2-6,8H,1,7H2. The first-order valence-electron chi connectivity index (χ1n) is 4.92. The van der Waals surface area contributed by atoms with Crippen molar-refractivity contribution in [2.75, 3.05) is 5.75 Å². The van der Waals surface area contributed by atoms with Crippen LogP contribution in [0.1, 0.15) is 0 Å². The van der Waals surface area contributed by atoms with Crippen molar-refractivity contribution in [1.82, 2.24) is 4.98 Å². The van der Waals surface area contributed by atoms with E-state index in [-0.39, 0.29) is 10.8 Å². The fourth-order valence-electron chi connectivity index (χ4n) is 1.60. The molecule has 0 saturated heterocycles. The summed E-state index contributed by atoms with van der Waals surface area (Å²) in [6.07, 6.45) is 2.82. The van der Waals surface area contributed by atoms with Crippen LogP contribution >= 0.6 is 11.6 Å². The number of aromatic nitrogens is 1. The summed E-state index contributed by atoms with van der Waals surface area (Å²) in [6, 6.07) is 6.76. The van der Waals surface area contributed by atoms with E-state index in [4.69, 9.17) is 11.6 Å². The second-order valence-corrected chi connectivity index (χ2v) is 5.94. The number of rotatable bonds is 3. The van der Waals surface area contributed by atoms with Crippen LogP contribution < -0.4 is 0 Å². The van der Waals surface area contributed by atoms with Gasteiger partial charge in [0.15, 0.2) is 14.9 Å². The molecule has 2 aromatic rings. The highest BCUT2D eigenvalue weighted by molar-refractivity contribution is 7.91. The molecule has 17 heavy (non-hydrogen) atoms. The molecular weight excluding hydrogens is 258 g/mol. The molecule has 0 bridgehead atoms. The Morgan fingerprint density at radius 2 is 2.12 bits per heavy atom. The smallest absolute Gasteiger partial charge is 0.199 e. The molecule has 0 saturated carbocycles. The van der Waals surface area contributed by atoms with Gasteiger partial charge in [0.1, 0.15) is 0 Å². The molecule has 0 aliphatic heterocycles. The molecule has 5 heteroatoms. The Labute approximate surface area is 105 Å². The number of fused-ring (bicyclic) bond motifs is 1. The van der Waals surface area contributed by atoms with E-state index >= 15 is 0 Å². The van der Waals surface area contributed by atoms with E-state index in [1.807, 2.05) is 0 Å². The highest BCUT2D eigenvalue weighted by Gasteiger charge is 2.17. The van der Waals surface area contributed by atoms with E-state index < -0.39 is 9.84 Å². The van der Waals surface area contributed by atoms with Gasteiger partial charge >= 0.3 is 0 Å². The Kier molecular flexibility index (Phi) is 3.17. The van der Waals surface area contributed by atoms with Crippen LogP contribution in [0.4, 0.5) is 0 Å². The average Bonchev–Trinajstić information content (AvgIpc) is 2.27.